The first-order valence-electron chi connectivity index (χ1n) is 18.0. The topological polar surface area (TPSA) is 132 Å². The number of nitrogens with zero attached hydrogens (tertiary/aromatic N) is 2. The van der Waals surface area contributed by atoms with Crippen molar-refractivity contribution in [1.29, 1.82) is 0 Å². The molecule has 3 aliphatic rings. The van der Waals surface area contributed by atoms with Gasteiger partial charge in [-0.05, 0) is 56.1 Å². The maximum absolute atomic E-state index is 13.3. The number of epoxide rings is 1. The highest BCUT2D eigenvalue weighted by atomic mass is 16.6. The molecule has 0 saturated carbocycles. The quantitative estimate of drug-likeness (QED) is 0.123. The SMILES string of the molecule is CCC(O)C(C)C1OC1CC(C)(O)/C=C/C=C(\C)C1OC(=O)CC(O)CCC(C)C(OC(=O)N2CCN(CC(C)(C)C)CC2)/C=C\C1C. The summed E-state index contributed by atoms with van der Waals surface area (Å²) in [6, 6.07) is 0. The van der Waals surface area contributed by atoms with Crippen LogP contribution in [0.2, 0.25) is 0 Å². The van der Waals surface area contributed by atoms with Gasteiger partial charge in [0.2, 0.25) is 0 Å². The molecule has 0 aromatic heterocycles. The number of rotatable bonds is 10. The third kappa shape index (κ3) is 12.9. The molecule has 0 radical (unpaired) electrons. The Balaban J connectivity index is 1.68. The minimum Gasteiger partial charge on any atom is -0.457 e. The molecule has 10 heteroatoms. The van der Waals surface area contributed by atoms with Crippen LogP contribution in [-0.2, 0) is 19.0 Å². The molecule has 3 N–H and O–H groups in total. The van der Waals surface area contributed by atoms with Crippen LogP contribution in [0.5, 0.6) is 0 Å². The molecule has 10 nitrogen and oxygen atoms in total. The summed E-state index contributed by atoms with van der Waals surface area (Å²) in [5.41, 5.74) is -0.159. The number of carbonyl (C=O) groups excluding carboxylic acids is 2. The molecule has 10 unspecified atom stereocenters. The van der Waals surface area contributed by atoms with Crippen molar-refractivity contribution in [2.24, 2.45) is 23.2 Å². The standard InChI is InChI=1S/C38H64N2O8/c1-10-30(42)28(5)35-32(46-35)23-38(9,45)17-11-12-26(3)34-27(4)14-16-31(25(2)13-15-29(41)22-33(43)48-34)47-36(44)40-20-18-39(19-21-40)24-37(6,7)8/h11-12,14,16-17,25,27-32,34-35,41-42,45H,10,13,15,18-24H2,1-9H3/b16-14-,17-11+,26-12+. The van der Waals surface area contributed by atoms with Crippen molar-refractivity contribution in [3.05, 3.63) is 36.0 Å². The first-order valence-corrected chi connectivity index (χ1v) is 18.0. The summed E-state index contributed by atoms with van der Waals surface area (Å²) in [4.78, 5) is 30.3. The monoisotopic (exact) mass is 676 g/mol. The summed E-state index contributed by atoms with van der Waals surface area (Å²) in [6.45, 7) is 22.0. The average Bonchev–Trinajstić information content (AvgIpc) is 3.76. The molecule has 2 fully saturated rings. The number of carbonyl (C=O) groups is 2. The molecular weight excluding hydrogens is 612 g/mol. The van der Waals surface area contributed by atoms with Gasteiger partial charge in [-0.25, -0.2) is 4.79 Å². The molecule has 0 aromatic carbocycles. The molecule has 10 atom stereocenters. The Kier molecular flexibility index (Phi) is 14.7. The zero-order valence-corrected chi connectivity index (χ0v) is 30.9. The minimum absolute atomic E-state index is 0.00554. The van der Waals surface area contributed by atoms with Crippen LogP contribution >= 0.6 is 0 Å². The fraction of sp³-hybridized carbons (Fsp3) is 0.789. The first kappa shape index (κ1) is 40.2. The Labute approximate surface area is 289 Å². The molecule has 2 saturated heterocycles. The van der Waals surface area contributed by atoms with E-state index >= 15 is 0 Å². The predicted octanol–water partition coefficient (Wildman–Crippen LogP) is 5.26. The van der Waals surface area contributed by atoms with Gasteiger partial charge in [-0.2, -0.15) is 0 Å². The molecule has 274 valence electrons. The summed E-state index contributed by atoms with van der Waals surface area (Å²) in [5, 5.41) is 31.8. The van der Waals surface area contributed by atoms with E-state index in [-0.39, 0.29) is 47.9 Å². The maximum atomic E-state index is 13.3. The number of piperazine rings is 1. The van der Waals surface area contributed by atoms with Gasteiger partial charge < -0.3 is 34.4 Å². The highest BCUT2D eigenvalue weighted by molar-refractivity contribution is 5.70. The van der Waals surface area contributed by atoms with Gasteiger partial charge in [-0.15, -0.1) is 0 Å². The molecule has 1 amide bonds. The highest BCUT2D eigenvalue weighted by Crippen LogP contribution is 2.37. The van der Waals surface area contributed by atoms with E-state index in [1.165, 1.54) is 0 Å². The summed E-state index contributed by atoms with van der Waals surface area (Å²) in [7, 11) is 0. The highest BCUT2D eigenvalue weighted by Gasteiger charge is 2.47. The largest absolute Gasteiger partial charge is 0.457 e. The summed E-state index contributed by atoms with van der Waals surface area (Å²) in [6.07, 6.45) is 8.14. The van der Waals surface area contributed by atoms with E-state index in [0.717, 1.165) is 25.2 Å². The van der Waals surface area contributed by atoms with E-state index < -0.39 is 36.0 Å². The van der Waals surface area contributed by atoms with Gasteiger partial charge in [-0.1, -0.05) is 72.8 Å². The molecule has 3 rings (SSSR count). The van der Waals surface area contributed by atoms with Crippen LogP contribution in [0.25, 0.3) is 0 Å². The zero-order valence-electron chi connectivity index (χ0n) is 30.9. The van der Waals surface area contributed by atoms with Gasteiger partial charge in [0.1, 0.15) is 12.2 Å². The lowest BCUT2D eigenvalue weighted by molar-refractivity contribution is -0.151. The third-order valence-electron chi connectivity index (χ3n) is 9.87. The zero-order chi connectivity index (χ0) is 35.8. The van der Waals surface area contributed by atoms with E-state index in [0.29, 0.717) is 38.8 Å². The van der Waals surface area contributed by atoms with Crippen LogP contribution in [0, 0.1) is 23.2 Å². The van der Waals surface area contributed by atoms with E-state index in [1.807, 2.05) is 52.8 Å². The Bertz CT molecular complexity index is 1140. The van der Waals surface area contributed by atoms with Crippen molar-refractivity contribution >= 4 is 12.1 Å². The van der Waals surface area contributed by atoms with Crippen molar-refractivity contribution < 1.29 is 39.1 Å². The van der Waals surface area contributed by atoms with Gasteiger partial charge in [0.25, 0.3) is 0 Å². The first-order chi connectivity index (χ1) is 22.4. The number of esters is 1. The van der Waals surface area contributed by atoms with E-state index in [1.54, 1.807) is 24.0 Å². The Hall–Kier alpha value is -2.24. The number of amides is 1. The van der Waals surface area contributed by atoms with Crippen molar-refractivity contribution in [3.8, 4) is 0 Å². The third-order valence-corrected chi connectivity index (χ3v) is 9.87. The van der Waals surface area contributed by atoms with Crippen molar-refractivity contribution in [3.63, 3.8) is 0 Å². The number of aliphatic hydroxyl groups is 3. The normalized spacial score (nSPS) is 33.2. The summed E-state index contributed by atoms with van der Waals surface area (Å²) >= 11 is 0. The van der Waals surface area contributed by atoms with Crippen LogP contribution in [-0.4, -0.2) is 112 Å². The maximum Gasteiger partial charge on any atom is 0.410 e. The molecule has 0 aromatic rings. The average molecular weight is 677 g/mol. The second-order valence-corrected chi connectivity index (χ2v) is 16.0. The molecule has 0 bridgehead atoms. The minimum atomic E-state index is -1.13. The smallest absolute Gasteiger partial charge is 0.410 e. The molecule has 0 spiro atoms. The van der Waals surface area contributed by atoms with Crippen molar-refractivity contribution in [2.75, 3.05) is 32.7 Å². The summed E-state index contributed by atoms with van der Waals surface area (Å²) < 4.78 is 17.7. The number of allylic oxidation sites excluding steroid dienone is 2. The molecule has 0 aliphatic carbocycles. The number of cyclic esters (lactones) is 1. The number of ether oxygens (including phenoxy) is 3. The lowest BCUT2D eigenvalue weighted by Gasteiger charge is -2.38. The fourth-order valence-corrected chi connectivity index (χ4v) is 6.75. The molecular formula is C38H64N2O8. The van der Waals surface area contributed by atoms with Crippen LogP contribution in [0.4, 0.5) is 4.79 Å². The van der Waals surface area contributed by atoms with Gasteiger partial charge in [0.05, 0.1) is 36.4 Å². The summed E-state index contributed by atoms with van der Waals surface area (Å²) in [5.74, 6) is -0.782. The molecule has 3 heterocycles. The van der Waals surface area contributed by atoms with Crippen LogP contribution < -0.4 is 0 Å². The predicted molar refractivity (Wildman–Crippen MR) is 187 cm³/mol. The molecule has 48 heavy (non-hydrogen) atoms. The van der Waals surface area contributed by atoms with Gasteiger partial charge in [0, 0.05) is 51.0 Å². The van der Waals surface area contributed by atoms with E-state index in [9.17, 15) is 24.9 Å². The second-order valence-electron chi connectivity index (χ2n) is 16.0. The fourth-order valence-electron chi connectivity index (χ4n) is 6.75. The Morgan fingerprint density at radius 1 is 1.12 bits per heavy atom. The van der Waals surface area contributed by atoms with Crippen LogP contribution in [0.3, 0.4) is 0 Å². The van der Waals surface area contributed by atoms with Crippen LogP contribution in [0.15, 0.2) is 36.0 Å². The number of hydrogen-bond acceptors (Lipinski definition) is 9. The Morgan fingerprint density at radius 2 is 1.79 bits per heavy atom. The molecule has 3 aliphatic heterocycles. The second kappa shape index (κ2) is 17.6. The number of aliphatic hydroxyl groups excluding tert-OH is 2. The Morgan fingerprint density at radius 3 is 2.42 bits per heavy atom. The van der Waals surface area contributed by atoms with E-state index in [2.05, 4.69) is 25.7 Å². The van der Waals surface area contributed by atoms with Crippen molar-refractivity contribution in [2.45, 2.75) is 137 Å². The van der Waals surface area contributed by atoms with E-state index in [4.69, 9.17) is 14.2 Å². The lowest BCUT2D eigenvalue weighted by atomic mass is 9.91. The van der Waals surface area contributed by atoms with Gasteiger partial charge in [-0.3, -0.25) is 9.69 Å². The van der Waals surface area contributed by atoms with Gasteiger partial charge in [0.15, 0.2) is 0 Å². The van der Waals surface area contributed by atoms with Gasteiger partial charge >= 0.3 is 12.1 Å². The number of hydrogen-bond donors (Lipinski definition) is 3. The van der Waals surface area contributed by atoms with Crippen molar-refractivity contribution in [1.82, 2.24) is 9.80 Å². The van der Waals surface area contributed by atoms with Crippen LogP contribution in [0.1, 0.15) is 94.4 Å². The lowest BCUT2D eigenvalue weighted by Crippen LogP contribution is -2.51.